The van der Waals surface area contributed by atoms with E-state index >= 15 is 0 Å². The van der Waals surface area contributed by atoms with Crippen LogP contribution in [0.2, 0.25) is 0 Å². The van der Waals surface area contributed by atoms with Gasteiger partial charge in [-0.3, -0.25) is 4.79 Å². The summed E-state index contributed by atoms with van der Waals surface area (Å²) in [5.74, 6) is 1.05. The number of nitrogens with one attached hydrogen (secondary N) is 1. The zero-order valence-corrected chi connectivity index (χ0v) is 21.4. The van der Waals surface area contributed by atoms with Crippen LogP contribution in [0.1, 0.15) is 40.2 Å². The largest absolute Gasteiger partial charge is 0.346 e. The Morgan fingerprint density at radius 2 is 1.64 bits per heavy atom. The highest BCUT2D eigenvalue weighted by Gasteiger charge is 2.30. The molecule has 184 valence electrons. The number of likely N-dealkylation sites (tertiary alicyclic amines) is 2. The van der Waals surface area contributed by atoms with Crippen molar-refractivity contribution in [2.45, 2.75) is 25.7 Å². The Bertz CT molecular complexity index is 1410. The molecular formula is C31H34N4O. The SMILES string of the molecule is Cc1cc(-c2cnc3[nH]cc(-c4ccc(C(=O)C5CN(C)C5)cc4)c3c2)ccc1C1CCN(C)CC1. The lowest BCUT2D eigenvalue weighted by atomic mass is 9.86. The summed E-state index contributed by atoms with van der Waals surface area (Å²) in [6.07, 6.45) is 6.45. The lowest BCUT2D eigenvalue weighted by Gasteiger charge is -2.34. The van der Waals surface area contributed by atoms with Crippen LogP contribution in [0.4, 0.5) is 0 Å². The Morgan fingerprint density at radius 1 is 0.917 bits per heavy atom. The van der Waals surface area contributed by atoms with Gasteiger partial charge in [-0.2, -0.15) is 0 Å². The van der Waals surface area contributed by atoms with Crippen LogP contribution in [-0.4, -0.2) is 65.8 Å². The van der Waals surface area contributed by atoms with E-state index in [0.717, 1.165) is 46.4 Å². The number of aryl methyl sites for hydroxylation is 1. The lowest BCUT2D eigenvalue weighted by Crippen LogP contribution is -2.47. The number of benzene rings is 2. The number of Topliss-reactive ketones (excluding diaryl/α,β-unsaturated/α-hetero) is 1. The smallest absolute Gasteiger partial charge is 0.168 e. The Balaban J connectivity index is 1.27. The topological polar surface area (TPSA) is 52.2 Å². The molecule has 2 aliphatic heterocycles. The fourth-order valence-electron chi connectivity index (χ4n) is 5.95. The van der Waals surface area contributed by atoms with Crippen LogP contribution in [0.25, 0.3) is 33.3 Å². The molecule has 5 nitrogen and oxygen atoms in total. The van der Waals surface area contributed by atoms with Crippen LogP contribution in [0.15, 0.2) is 60.9 Å². The van der Waals surface area contributed by atoms with Gasteiger partial charge >= 0.3 is 0 Å². The molecule has 5 heteroatoms. The van der Waals surface area contributed by atoms with Crippen molar-refractivity contribution in [3.8, 4) is 22.3 Å². The highest BCUT2D eigenvalue weighted by molar-refractivity contribution is 6.00. The highest BCUT2D eigenvalue weighted by atomic mass is 16.1. The van der Waals surface area contributed by atoms with Crippen LogP contribution >= 0.6 is 0 Å². The molecule has 2 aromatic carbocycles. The molecule has 6 rings (SSSR count). The van der Waals surface area contributed by atoms with E-state index in [1.165, 1.54) is 42.6 Å². The van der Waals surface area contributed by atoms with Crippen molar-refractivity contribution in [3.05, 3.63) is 77.6 Å². The van der Waals surface area contributed by atoms with E-state index in [1.807, 2.05) is 24.5 Å². The van der Waals surface area contributed by atoms with Crippen molar-refractivity contribution in [3.63, 3.8) is 0 Å². The number of pyridine rings is 1. The minimum absolute atomic E-state index is 0.134. The average molecular weight is 479 g/mol. The first-order valence-electron chi connectivity index (χ1n) is 13.1. The number of hydrogen-bond acceptors (Lipinski definition) is 4. The van der Waals surface area contributed by atoms with Gasteiger partial charge in [-0.25, -0.2) is 4.98 Å². The first kappa shape index (κ1) is 23.1. The van der Waals surface area contributed by atoms with E-state index in [9.17, 15) is 4.79 Å². The van der Waals surface area contributed by atoms with E-state index in [0.29, 0.717) is 5.92 Å². The van der Waals surface area contributed by atoms with Gasteiger partial charge in [0.15, 0.2) is 5.78 Å². The molecule has 36 heavy (non-hydrogen) atoms. The normalized spacial score (nSPS) is 18.0. The highest BCUT2D eigenvalue weighted by Crippen LogP contribution is 2.35. The Kier molecular flexibility index (Phi) is 5.98. The zero-order chi connectivity index (χ0) is 24.8. The van der Waals surface area contributed by atoms with E-state index in [1.54, 1.807) is 0 Å². The molecule has 0 aliphatic carbocycles. The van der Waals surface area contributed by atoms with Crippen molar-refractivity contribution >= 4 is 16.8 Å². The second-order valence-corrected chi connectivity index (χ2v) is 10.8. The number of fused-ring (bicyclic) bond motifs is 1. The summed E-state index contributed by atoms with van der Waals surface area (Å²) in [5.41, 5.74) is 9.08. The van der Waals surface area contributed by atoms with Crippen LogP contribution in [0, 0.1) is 12.8 Å². The monoisotopic (exact) mass is 478 g/mol. The second-order valence-electron chi connectivity index (χ2n) is 10.8. The predicted octanol–water partition coefficient (Wildman–Crippen LogP) is 5.76. The molecular weight excluding hydrogens is 444 g/mol. The van der Waals surface area contributed by atoms with Gasteiger partial charge < -0.3 is 14.8 Å². The summed E-state index contributed by atoms with van der Waals surface area (Å²) in [6, 6.07) is 17.2. The average Bonchev–Trinajstić information content (AvgIpc) is 3.30. The second kappa shape index (κ2) is 9.30. The van der Waals surface area contributed by atoms with Gasteiger partial charge in [0.1, 0.15) is 5.65 Å². The molecule has 2 saturated heterocycles. The van der Waals surface area contributed by atoms with Gasteiger partial charge in [-0.1, -0.05) is 42.5 Å². The number of hydrogen-bond donors (Lipinski definition) is 1. The molecule has 0 atom stereocenters. The van der Waals surface area contributed by atoms with Crippen molar-refractivity contribution in [2.75, 3.05) is 40.3 Å². The van der Waals surface area contributed by atoms with Gasteiger partial charge in [0.25, 0.3) is 0 Å². The molecule has 0 amide bonds. The molecule has 4 aromatic rings. The van der Waals surface area contributed by atoms with Crippen LogP contribution in [0.5, 0.6) is 0 Å². The van der Waals surface area contributed by atoms with Crippen LogP contribution in [0.3, 0.4) is 0 Å². The Morgan fingerprint density at radius 3 is 2.33 bits per heavy atom. The van der Waals surface area contributed by atoms with E-state index in [4.69, 9.17) is 4.98 Å². The number of carbonyl (C=O) groups is 1. The third-order valence-corrected chi connectivity index (χ3v) is 8.21. The third-order valence-electron chi connectivity index (χ3n) is 8.21. The number of rotatable bonds is 5. The Labute approximate surface area is 213 Å². The Hall–Kier alpha value is -3.28. The number of carbonyl (C=O) groups excluding carboxylic acids is 1. The minimum atomic E-state index is 0.134. The van der Waals surface area contributed by atoms with Gasteiger partial charge in [0.2, 0.25) is 0 Å². The van der Waals surface area contributed by atoms with E-state index in [-0.39, 0.29) is 11.7 Å². The molecule has 1 N–H and O–H groups in total. The fraction of sp³-hybridized carbons (Fsp3) is 0.355. The molecule has 2 aliphatic rings. The lowest BCUT2D eigenvalue weighted by molar-refractivity contribution is 0.0702. The fourth-order valence-corrected chi connectivity index (χ4v) is 5.95. The van der Waals surface area contributed by atoms with Gasteiger partial charge in [0, 0.05) is 53.5 Å². The summed E-state index contributed by atoms with van der Waals surface area (Å²) in [6.45, 7) is 6.31. The van der Waals surface area contributed by atoms with E-state index in [2.05, 4.69) is 72.2 Å². The zero-order valence-electron chi connectivity index (χ0n) is 21.4. The van der Waals surface area contributed by atoms with Gasteiger partial charge in [0.05, 0.1) is 0 Å². The quantitative estimate of drug-likeness (QED) is 0.371. The molecule has 0 saturated carbocycles. The summed E-state index contributed by atoms with van der Waals surface area (Å²) < 4.78 is 0. The molecule has 0 unspecified atom stereocenters. The third kappa shape index (κ3) is 4.27. The van der Waals surface area contributed by atoms with Crippen LogP contribution in [-0.2, 0) is 0 Å². The number of nitrogens with zero attached hydrogens (tertiary/aromatic N) is 3. The summed E-state index contributed by atoms with van der Waals surface area (Å²) >= 11 is 0. The van der Waals surface area contributed by atoms with Crippen molar-refractivity contribution in [1.29, 1.82) is 0 Å². The van der Waals surface area contributed by atoms with Gasteiger partial charge in [-0.15, -0.1) is 0 Å². The molecule has 2 fully saturated rings. The standard InChI is InChI=1S/C31H34N4O/c1-20-14-24(8-9-27(20)22-10-12-34(2)13-11-22)25-15-28-29(17-33-31(28)32-16-25)21-4-6-23(7-5-21)30(36)26-18-35(3)19-26/h4-9,14-17,22,26H,10-13,18-19H2,1-3H3,(H,32,33). The molecule has 4 heterocycles. The summed E-state index contributed by atoms with van der Waals surface area (Å²) in [4.78, 5) is 25.4. The summed E-state index contributed by atoms with van der Waals surface area (Å²) in [5, 5.41) is 1.10. The number of piperidine rings is 1. The number of aromatic nitrogens is 2. The van der Waals surface area contributed by atoms with Gasteiger partial charge in [-0.05, 0) is 81.2 Å². The number of aromatic amines is 1. The molecule has 0 bridgehead atoms. The summed E-state index contributed by atoms with van der Waals surface area (Å²) in [7, 11) is 4.27. The maximum absolute atomic E-state index is 12.7. The number of ketones is 1. The molecule has 0 radical (unpaired) electrons. The van der Waals surface area contributed by atoms with Crippen molar-refractivity contribution in [1.82, 2.24) is 19.8 Å². The van der Waals surface area contributed by atoms with E-state index < -0.39 is 0 Å². The minimum Gasteiger partial charge on any atom is -0.346 e. The first-order valence-corrected chi connectivity index (χ1v) is 13.1. The van der Waals surface area contributed by atoms with Crippen molar-refractivity contribution < 1.29 is 4.79 Å². The predicted molar refractivity (Wildman–Crippen MR) is 146 cm³/mol. The maximum Gasteiger partial charge on any atom is 0.168 e. The number of H-pyrrole nitrogens is 1. The first-order chi connectivity index (χ1) is 17.5. The van der Waals surface area contributed by atoms with Crippen molar-refractivity contribution in [2.24, 2.45) is 5.92 Å². The molecule has 2 aromatic heterocycles. The van der Waals surface area contributed by atoms with Crippen LogP contribution < -0.4 is 0 Å². The maximum atomic E-state index is 12.7. The molecule has 0 spiro atoms.